The van der Waals surface area contributed by atoms with Crippen LogP contribution in [0.1, 0.15) is 18.1 Å². The maximum atomic E-state index is 12.0. The summed E-state index contributed by atoms with van der Waals surface area (Å²) >= 11 is 2.17. The number of para-hydroxylation sites is 1. The van der Waals surface area contributed by atoms with Crippen LogP contribution in [0.3, 0.4) is 0 Å². The number of ether oxygens (including phenoxy) is 2. The minimum absolute atomic E-state index is 0.393. The summed E-state index contributed by atoms with van der Waals surface area (Å²) in [6, 6.07) is 10.8. The third-order valence-electron chi connectivity index (χ3n) is 3.45. The summed E-state index contributed by atoms with van der Waals surface area (Å²) in [7, 11) is 0. The highest BCUT2D eigenvalue weighted by atomic mass is 127. The summed E-state index contributed by atoms with van der Waals surface area (Å²) in [6.07, 6.45) is 3.23. The number of aryl methyl sites for hydroxylation is 1. The Labute approximate surface area is 172 Å². The molecule has 2 N–H and O–H groups in total. The Morgan fingerprint density at radius 2 is 2.07 bits per heavy atom. The number of nitrogens with one attached hydrogen (secondary N) is 2. The Kier molecular flexibility index (Phi) is 8.12. The highest BCUT2D eigenvalue weighted by Gasteiger charge is 2.11. The van der Waals surface area contributed by atoms with Gasteiger partial charge in [0.25, 0.3) is 0 Å². The first-order chi connectivity index (χ1) is 13.0. The number of hydrogen-bond acceptors (Lipinski definition) is 4. The molecule has 2 aromatic rings. The Bertz CT molecular complexity index is 837. The first kappa shape index (κ1) is 20.8. The fourth-order valence-corrected chi connectivity index (χ4v) is 3.02. The van der Waals surface area contributed by atoms with Gasteiger partial charge in [-0.25, -0.2) is 10.2 Å². The van der Waals surface area contributed by atoms with Gasteiger partial charge in [0.2, 0.25) is 0 Å². The van der Waals surface area contributed by atoms with Gasteiger partial charge in [0.1, 0.15) is 6.61 Å². The van der Waals surface area contributed by atoms with E-state index < -0.39 is 6.03 Å². The fraction of sp³-hybridized carbons (Fsp3) is 0.200. The highest BCUT2D eigenvalue weighted by Crippen LogP contribution is 2.33. The molecule has 2 amide bonds. The Hall–Kier alpha value is -2.55. The predicted octanol–water partition coefficient (Wildman–Crippen LogP) is 4.72. The second-order valence-electron chi connectivity index (χ2n) is 5.50. The average Bonchev–Trinajstić information content (AvgIpc) is 2.63. The molecule has 6 nitrogen and oxygen atoms in total. The lowest BCUT2D eigenvalue weighted by molar-refractivity contribution is 0.252. The second kappa shape index (κ2) is 10.6. The van der Waals surface area contributed by atoms with Crippen LogP contribution in [-0.2, 0) is 0 Å². The summed E-state index contributed by atoms with van der Waals surface area (Å²) < 4.78 is 12.2. The van der Waals surface area contributed by atoms with E-state index in [-0.39, 0.29) is 0 Å². The number of amides is 2. The number of benzene rings is 2. The highest BCUT2D eigenvalue weighted by molar-refractivity contribution is 14.1. The van der Waals surface area contributed by atoms with Gasteiger partial charge in [0.15, 0.2) is 11.5 Å². The third kappa shape index (κ3) is 6.28. The number of anilines is 1. The van der Waals surface area contributed by atoms with Crippen molar-refractivity contribution in [3.05, 3.63) is 63.8 Å². The average molecular weight is 479 g/mol. The van der Waals surface area contributed by atoms with Crippen LogP contribution in [0.5, 0.6) is 11.5 Å². The minimum atomic E-state index is -0.411. The maximum absolute atomic E-state index is 12.0. The van der Waals surface area contributed by atoms with E-state index in [0.717, 1.165) is 20.4 Å². The normalized spacial score (nSPS) is 10.5. The molecule has 0 saturated heterocycles. The summed E-state index contributed by atoms with van der Waals surface area (Å²) in [5, 5.41) is 6.75. The van der Waals surface area contributed by atoms with Crippen molar-refractivity contribution < 1.29 is 14.3 Å². The zero-order valence-electron chi connectivity index (χ0n) is 15.3. The summed E-state index contributed by atoms with van der Waals surface area (Å²) in [6.45, 7) is 8.39. The largest absolute Gasteiger partial charge is 0.490 e. The molecule has 0 aromatic heterocycles. The van der Waals surface area contributed by atoms with E-state index in [9.17, 15) is 4.79 Å². The van der Waals surface area contributed by atoms with Crippen LogP contribution in [0, 0.1) is 10.5 Å². The molecule has 0 radical (unpaired) electrons. The van der Waals surface area contributed by atoms with Crippen LogP contribution < -0.4 is 20.2 Å². The van der Waals surface area contributed by atoms with E-state index in [1.165, 1.54) is 0 Å². The van der Waals surface area contributed by atoms with E-state index >= 15 is 0 Å². The number of nitrogens with zero attached hydrogens (tertiary/aromatic N) is 1. The van der Waals surface area contributed by atoms with Crippen LogP contribution in [0.4, 0.5) is 10.5 Å². The van der Waals surface area contributed by atoms with Crippen LogP contribution >= 0.6 is 22.6 Å². The molecular weight excluding hydrogens is 457 g/mol. The van der Waals surface area contributed by atoms with Gasteiger partial charge >= 0.3 is 6.03 Å². The summed E-state index contributed by atoms with van der Waals surface area (Å²) in [5.41, 5.74) is 4.95. The van der Waals surface area contributed by atoms with Crippen LogP contribution in [0.25, 0.3) is 0 Å². The lowest BCUT2D eigenvalue weighted by Gasteiger charge is -2.13. The number of urea groups is 1. The van der Waals surface area contributed by atoms with Crippen molar-refractivity contribution in [1.29, 1.82) is 0 Å². The molecule has 0 aliphatic carbocycles. The lowest BCUT2D eigenvalue weighted by atomic mass is 10.2. The van der Waals surface area contributed by atoms with E-state index in [1.54, 1.807) is 12.3 Å². The molecular formula is C20H22IN3O3. The minimum Gasteiger partial charge on any atom is -0.490 e. The summed E-state index contributed by atoms with van der Waals surface area (Å²) in [5.74, 6) is 1.29. The molecule has 0 heterocycles. The standard InChI is InChI=1S/C20H22IN3O3/c1-4-10-27-19-16(21)11-15(12-18(19)26-5-2)13-22-24-20(25)23-17-9-7-6-8-14(17)3/h4,6-9,11-13H,1,5,10H2,2-3H3,(H2,23,24,25). The number of rotatable bonds is 8. The molecule has 0 fully saturated rings. The van der Waals surface area contributed by atoms with Crippen molar-refractivity contribution in [2.24, 2.45) is 5.10 Å². The van der Waals surface area contributed by atoms with Crippen LogP contribution in [-0.4, -0.2) is 25.5 Å². The number of carbonyl (C=O) groups is 1. The molecule has 0 unspecified atom stereocenters. The van der Waals surface area contributed by atoms with Gasteiger partial charge in [-0.05, 0) is 65.8 Å². The van der Waals surface area contributed by atoms with E-state index in [4.69, 9.17) is 9.47 Å². The van der Waals surface area contributed by atoms with Gasteiger partial charge in [0, 0.05) is 5.69 Å². The Morgan fingerprint density at radius 3 is 2.78 bits per heavy atom. The third-order valence-corrected chi connectivity index (χ3v) is 4.25. The van der Waals surface area contributed by atoms with Crippen molar-refractivity contribution in [3.63, 3.8) is 0 Å². The first-order valence-corrected chi connectivity index (χ1v) is 9.48. The lowest BCUT2D eigenvalue weighted by Crippen LogP contribution is -2.24. The molecule has 27 heavy (non-hydrogen) atoms. The molecule has 142 valence electrons. The molecule has 2 rings (SSSR count). The molecule has 0 aliphatic heterocycles. The van der Waals surface area contributed by atoms with Gasteiger partial charge < -0.3 is 14.8 Å². The zero-order chi connectivity index (χ0) is 19.6. The van der Waals surface area contributed by atoms with E-state index in [2.05, 4.69) is 45.0 Å². The van der Waals surface area contributed by atoms with Gasteiger partial charge in [-0.15, -0.1) is 0 Å². The van der Waals surface area contributed by atoms with Crippen molar-refractivity contribution in [2.75, 3.05) is 18.5 Å². The Balaban J connectivity index is 2.06. The molecule has 0 atom stereocenters. The van der Waals surface area contributed by atoms with Crippen molar-refractivity contribution in [2.45, 2.75) is 13.8 Å². The number of carbonyl (C=O) groups excluding carboxylic acids is 1. The van der Waals surface area contributed by atoms with Gasteiger partial charge in [-0.3, -0.25) is 0 Å². The molecule has 2 aromatic carbocycles. The van der Waals surface area contributed by atoms with Crippen LogP contribution in [0.15, 0.2) is 54.2 Å². The van der Waals surface area contributed by atoms with Gasteiger partial charge in [-0.2, -0.15) is 5.10 Å². The fourth-order valence-electron chi connectivity index (χ4n) is 2.24. The molecule has 7 heteroatoms. The maximum Gasteiger partial charge on any atom is 0.339 e. The second-order valence-corrected chi connectivity index (χ2v) is 6.66. The van der Waals surface area contributed by atoms with Gasteiger partial charge in [-0.1, -0.05) is 30.9 Å². The number of halogens is 1. The zero-order valence-corrected chi connectivity index (χ0v) is 17.4. The molecule has 0 spiro atoms. The molecule has 0 aliphatic rings. The number of hydrazone groups is 1. The summed E-state index contributed by atoms with van der Waals surface area (Å²) in [4.78, 5) is 12.0. The smallest absolute Gasteiger partial charge is 0.339 e. The SMILES string of the molecule is C=CCOc1c(I)cc(C=NNC(=O)Nc2ccccc2C)cc1OCC. The predicted molar refractivity (Wildman–Crippen MR) is 117 cm³/mol. The monoisotopic (exact) mass is 479 g/mol. The topological polar surface area (TPSA) is 72.0 Å². The van der Waals surface area contributed by atoms with Crippen molar-refractivity contribution in [1.82, 2.24) is 5.43 Å². The molecule has 0 saturated carbocycles. The number of hydrogen-bond donors (Lipinski definition) is 2. The van der Waals surface area contributed by atoms with Crippen LogP contribution in [0.2, 0.25) is 0 Å². The van der Waals surface area contributed by atoms with Gasteiger partial charge in [0.05, 0.1) is 16.4 Å². The first-order valence-electron chi connectivity index (χ1n) is 8.40. The van der Waals surface area contributed by atoms with Crippen molar-refractivity contribution in [3.8, 4) is 11.5 Å². The Morgan fingerprint density at radius 1 is 1.30 bits per heavy atom. The quantitative estimate of drug-likeness (QED) is 0.249. The molecule has 0 bridgehead atoms. The van der Waals surface area contributed by atoms with Crippen molar-refractivity contribution >= 4 is 40.5 Å². The van der Waals surface area contributed by atoms with E-state index in [0.29, 0.717) is 24.7 Å². The van der Waals surface area contributed by atoms with E-state index in [1.807, 2.05) is 50.2 Å².